The third-order valence-corrected chi connectivity index (χ3v) is 3.49. The number of benzene rings is 1. The van der Waals surface area contributed by atoms with Gasteiger partial charge in [-0.2, -0.15) is 0 Å². The molecule has 0 aliphatic carbocycles. The van der Waals surface area contributed by atoms with Crippen molar-refractivity contribution < 1.29 is 9.84 Å². The zero-order valence-electron chi connectivity index (χ0n) is 10.1. The minimum atomic E-state index is -0.523. The molecule has 2 heterocycles. The lowest BCUT2D eigenvalue weighted by Gasteiger charge is -2.27. The summed E-state index contributed by atoms with van der Waals surface area (Å²) < 4.78 is 5.44. The van der Waals surface area contributed by atoms with Gasteiger partial charge in [0.15, 0.2) is 0 Å². The van der Waals surface area contributed by atoms with Crippen molar-refractivity contribution in [1.29, 1.82) is 0 Å². The molecule has 1 saturated heterocycles. The first-order valence-corrected chi connectivity index (χ1v) is 6.32. The van der Waals surface area contributed by atoms with Crippen LogP contribution in [0.15, 0.2) is 30.6 Å². The van der Waals surface area contributed by atoms with Crippen LogP contribution in [0.4, 0.5) is 0 Å². The van der Waals surface area contributed by atoms with Crippen molar-refractivity contribution in [3.63, 3.8) is 0 Å². The van der Waals surface area contributed by atoms with E-state index >= 15 is 0 Å². The summed E-state index contributed by atoms with van der Waals surface area (Å²) >= 11 is 0. The Morgan fingerprint density at radius 2 is 2.17 bits per heavy atom. The van der Waals surface area contributed by atoms with Gasteiger partial charge in [-0.15, -0.1) is 0 Å². The molecule has 0 saturated carbocycles. The molecule has 2 aromatic rings. The fourth-order valence-corrected chi connectivity index (χ4v) is 2.52. The van der Waals surface area contributed by atoms with Crippen LogP contribution in [0, 0.1) is 5.92 Å². The van der Waals surface area contributed by atoms with Crippen molar-refractivity contribution in [2.75, 3.05) is 13.2 Å². The van der Waals surface area contributed by atoms with Gasteiger partial charge in [0.25, 0.3) is 0 Å². The number of aromatic nitrogens is 2. The number of ether oxygens (including phenoxy) is 1. The highest BCUT2D eigenvalue weighted by Crippen LogP contribution is 2.31. The quantitative estimate of drug-likeness (QED) is 0.878. The summed E-state index contributed by atoms with van der Waals surface area (Å²) in [7, 11) is 0. The van der Waals surface area contributed by atoms with Gasteiger partial charge in [0, 0.05) is 30.5 Å². The van der Waals surface area contributed by atoms with Gasteiger partial charge in [0.2, 0.25) is 0 Å². The third kappa shape index (κ3) is 2.09. The van der Waals surface area contributed by atoms with Crippen LogP contribution in [0.3, 0.4) is 0 Å². The van der Waals surface area contributed by atoms with E-state index in [0.29, 0.717) is 6.61 Å². The van der Waals surface area contributed by atoms with Crippen LogP contribution in [-0.4, -0.2) is 28.3 Å². The molecule has 2 atom stereocenters. The average molecular weight is 244 g/mol. The minimum absolute atomic E-state index is 0.159. The van der Waals surface area contributed by atoms with E-state index in [0.717, 1.165) is 36.0 Å². The zero-order valence-corrected chi connectivity index (χ0v) is 10.1. The fraction of sp³-hybridized carbons (Fsp3) is 0.429. The molecule has 0 amide bonds. The first-order chi connectivity index (χ1) is 8.86. The molecule has 1 aliphatic rings. The number of hydrogen-bond donors (Lipinski definition) is 1. The molecular weight excluding hydrogens is 228 g/mol. The summed E-state index contributed by atoms with van der Waals surface area (Å²) in [6, 6.07) is 5.76. The summed E-state index contributed by atoms with van der Waals surface area (Å²) in [5.41, 5.74) is 2.47. The minimum Gasteiger partial charge on any atom is -0.388 e. The van der Waals surface area contributed by atoms with E-state index in [1.165, 1.54) is 0 Å². The molecule has 0 bridgehead atoms. The maximum absolute atomic E-state index is 10.5. The summed E-state index contributed by atoms with van der Waals surface area (Å²) in [6.07, 6.45) is 4.82. The highest BCUT2D eigenvalue weighted by Gasteiger charge is 2.25. The van der Waals surface area contributed by atoms with E-state index in [4.69, 9.17) is 4.74 Å². The second-order valence-electron chi connectivity index (χ2n) is 4.69. The largest absolute Gasteiger partial charge is 0.388 e. The summed E-state index contributed by atoms with van der Waals surface area (Å²) in [5.74, 6) is 0.159. The topological polar surface area (TPSA) is 55.2 Å². The van der Waals surface area contributed by atoms with Gasteiger partial charge in [0.05, 0.1) is 23.7 Å². The highest BCUT2D eigenvalue weighted by atomic mass is 16.5. The average Bonchev–Trinajstić information content (AvgIpc) is 2.47. The van der Waals surface area contributed by atoms with Crippen molar-refractivity contribution in [3.8, 4) is 0 Å². The van der Waals surface area contributed by atoms with E-state index in [1.807, 2.05) is 18.2 Å². The Morgan fingerprint density at radius 3 is 3.00 bits per heavy atom. The predicted octanol–water partition coefficient (Wildman–Crippen LogP) is 2.09. The molecule has 3 rings (SSSR count). The molecule has 4 heteroatoms. The Kier molecular flexibility index (Phi) is 3.21. The van der Waals surface area contributed by atoms with Crippen LogP contribution >= 0.6 is 0 Å². The SMILES string of the molecule is OC(c1cccc2nccnc12)C1CCCOC1. The number of aliphatic hydroxyl groups is 1. The Balaban J connectivity index is 1.97. The first kappa shape index (κ1) is 11.6. The van der Waals surface area contributed by atoms with Gasteiger partial charge >= 0.3 is 0 Å². The highest BCUT2D eigenvalue weighted by molar-refractivity contribution is 5.77. The van der Waals surface area contributed by atoms with E-state index in [-0.39, 0.29) is 5.92 Å². The molecule has 1 N–H and O–H groups in total. The molecule has 1 aromatic heterocycles. The van der Waals surface area contributed by atoms with Crippen LogP contribution < -0.4 is 0 Å². The standard InChI is InChI=1S/C14H16N2O2/c17-14(10-3-2-8-18-9-10)11-4-1-5-12-13(11)16-7-6-15-12/h1,4-7,10,14,17H,2-3,8-9H2. The van der Waals surface area contributed by atoms with Gasteiger partial charge < -0.3 is 9.84 Å². The van der Waals surface area contributed by atoms with Crippen molar-refractivity contribution in [1.82, 2.24) is 9.97 Å². The Hall–Kier alpha value is -1.52. The molecule has 1 aliphatic heterocycles. The van der Waals surface area contributed by atoms with Gasteiger partial charge in [0.1, 0.15) is 0 Å². The molecule has 18 heavy (non-hydrogen) atoms. The van der Waals surface area contributed by atoms with Crippen molar-refractivity contribution in [2.45, 2.75) is 18.9 Å². The van der Waals surface area contributed by atoms with Gasteiger partial charge in [-0.3, -0.25) is 9.97 Å². The molecule has 0 spiro atoms. The number of aliphatic hydroxyl groups excluding tert-OH is 1. The molecule has 1 fully saturated rings. The van der Waals surface area contributed by atoms with E-state index in [9.17, 15) is 5.11 Å². The molecule has 2 unspecified atom stereocenters. The van der Waals surface area contributed by atoms with Gasteiger partial charge in [-0.1, -0.05) is 12.1 Å². The second kappa shape index (κ2) is 5.00. The van der Waals surface area contributed by atoms with Gasteiger partial charge in [-0.05, 0) is 18.9 Å². The number of hydrogen-bond acceptors (Lipinski definition) is 4. The normalized spacial score (nSPS) is 21.9. The number of rotatable bonds is 2. The predicted molar refractivity (Wildman–Crippen MR) is 68.0 cm³/mol. The maximum atomic E-state index is 10.5. The maximum Gasteiger partial charge on any atom is 0.0944 e. The molecule has 94 valence electrons. The lowest BCUT2D eigenvalue weighted by molar-refractivity contribution is -0.00949. The van der Waals surface area contributed by atoms with Crippen LogP contribution in [-0.2, 0) is 4.74 Å². The fourth-order valence-electron chi connectivity index (χ4n) is 2.52. The molecule has 4 nitrogen and oxygen atoms in total. The van der Waals surface area contributed by atoms with Crippen molar-refractivity contribution in [3.05, 3.63) is 36.2 Å². The van der Waals surface area contributed by atoms with Crippen LogP contribution in [0.2, 0.25) is 0 Å². The number of nitrogens with zero attached hydrogens (tertiary/aromatic N) is 2. The van der Waals surface area contributed by atoms with Crippen LogP contribution in [0.1, 0.15) is 24.5 Å². The third-order valence-electron chi connectivity index (χ3n) is 3.49. The smallest absolute Gasteiger partial charge is 0.0944 e. The monoisotopic (exact) mass is 244 g/mol. The van der Waals surface area contributed by atoms with E-state index < -0.39 is 6.10 Å². The lowest BCUT2D eigenvalue weighted by Crippen LogP contribution is -2.23. The van der Waals surface area contributed by atoms with E-state index in [1.54, 1.807) is 12.4 Å². The van der Waals surface area contributed by atoms with Gasteiger partial charge in [-0.25, -0.2) is 0 Å². The van der Waals surface area contributed by atoms with E-state index in [2.05, 4.69) is 9.97 Å². The van der Waals surface area contributed by atoms with Crippen molar-refractivity contribution in [2.24, 2.45) is 5.92 Å². The molecular formula is C14H16N2O2. The van der Waals surface area contributed by atoms with Crippen LogP contribution in [0.25, 0.3) is 11.0 Å². The summed E-state index contributed by atoms with van der Waals surface area (Å²) in [4.78, 5) is 8.60. The Labute approximate surface area is 106 Å². The first-order valence-electron chi connectivity index (χ1n) is 6.32. The van der Waals surface area contributed by atoms with Crippen molar-refractivity contribution >= 4 is 11.0 Å². The second-order valence-corrected chi connectivity index (χ2v) is 4.69. The number of para-hydroxylation sites is 1. The Morgan fingerprint density at radius 1 is 1.28 bits per heavy atom. The number of fused-ring (bicyclic) bond motifs is 1. The summed E-state index contributed by atoms with van der Waals surface area (Å²) in [5, 5.41) is 10.5. The zero-order chi connectivity index (χ0) is 12.4. The lowest BCUT2D eigenvalue weighted by atomic mass is 9.90. The Bertz CT molecular complexity index is 533. The summed E-state index contributed by atoms with van der Waals surface area (Å²) in [6.45, 7) is 1.43. The van der Waals surface area contributed by atoms with Crippen LogP contribution in [0.5, 0.6) is 0 Å². The molecule has 1 aromatic carbocycles. The molecule has 0 radical (unpaired) electrons.